The Hall–Kier alpha value is -2.87. The van der Waals surface area contributed by atoms with Gasteiger partial charge in [0.2, 0.25) is 0 Å². The van der Waals surface area contributed by atoms with Crippen molar-refractivity contribution in [3.05, 3.63) is 97.9 Å². The van der Waals surface area contributed by atoms with Gasteiger partial charge in [-0.1, -0.05) is 55.2 Å². The van der Waals surface area contributed by atoms with Crippen molar-refractivity contribution in [3.63, 3.8) is 0 Å². The van der Waals surface area contributed by atoms with Gasteiger partial charge in [0.1, 0.15) is 18.4 Å². The van der Waals surface area contributed by atoms with Crippen molar-refractivity contribution in [2.45, 2.75) is 26.5 Å². The first-order chi connectivity index (χ1) is 16.7. The van der Waals surface area contributed by atoms with Crippen LogP contribution in [0.3, 0.4) is 0 Å². The van der Waals surface area contributed by atoms with Crippen molar-refractivity contribution in [2.24, 2.45) is 11.0 Å². The number of hydrogen-bond donors (Lipinski definition) is 2. The highest BCUT2D eigenvalue weighted by Crippen LogP contribution is 2.26. The van der Waals surface area contributed by atoms with Crippen LogP contribution in [0.4, 0.5) is 0 Å². The predicted octanol–water partition coefficient (Wildman–Crippen LogP) is 6.24. The maximum Gasteiger partial charge on any atom is 0.262 e. The topological polar surface area (TPSA) is 79.8 Å². The lowest BCUT2D eigenvalue weighted by Gasteiger charge is -2.20. The van der Waals surface area contributed by atoms with Crippen LogP contribution in [0.15, 0.2) is 76.3 Å². The molecule has 2 amide bonds. The summed E-state index contributed by atoms with van der Waals surface area (Å²) in [6, 6.07) is 18.7. The van der Waals surface area contributed by atoms with Gasteiger partial charge in [0, 0.05) is 15.6 Å². The number of benzene rings is 3. The SMILES string of the molecule is CC(C)C(NC(=O)c1cccc(Cl)c1)C(=O)NN=Cc1ccc(OCc2ccc(Cl)cc2)c(Br)c1. The molecule has 6 nitrogen and oxygen atoms in total. The zero-order valence-electron chi connectivity index (χ0n) is 19.1. The summed E-state index contributed by atoms with van der Waals surface area (Å²) in [5, 5.41) is 7.90. The summed E-state index contributed by atoms with van der Waals surface area (Å²) in [6.45, 7) is 4.08. The second kappa shape index (κ2) is 12.7. The molecule has 2 N–H and O–H groups in total. The number of amides is 2. The Morgan fingerprint density at radius 1 is 1.03 bits per heavy atom. The highest BCUT2D eigenvalue weighted by molar-refractivity contribution is 9.10. The molecule has 0 aliphatic rings. The molecule has 3 aromatic carbocycles. The molecule has 0 spiro atoms. The minimum Gasteiger partial charge on any atom is -0.488 e. The summed E-state index contributed by atoms with van der Waals surface area (Å²) in [7, 11) is 0. The molecule has 1 unspecified atom stereocenters. The second-order valence-corrected chi connectivity index (χ2v) is 9.77. The van der Waals surface area contributed by atoms with Crippen molar-refractivity contribution in [2.75, 3.05) is 0 Å². The van der Waals surface area contributed by atoms with Gasteiger partial charge in [-0.25, -0.2) is 5.43 Å². The van der Waals surface area contributed by atoms with E-state index in [1.54, 1.807) is 24.3 Å². The monoisotopic (exact) mass is 575 g/mol. The lowest BCUT2D eigenvalue weighted by Crippen LogP contribution is -2.48. The van der Waals surface area contributed by atoms with E-state index in [9.17, 15) is 9.59 Å². The number of ether oxygens (including phenoxy) is 1. The van der Waals surface area contributed by atoms with Gasteiger partial charge in [0.25, 0.3) is 11.8 Å². The Morgan fingerprint density at radius 2 is 1.77 bits per heavy atom. The third-order valence-electron chi connectivity index (χ3n) is 4.97. The Bertz CT molecular complexity index is 1220. The molecule has 0 fully saturated rings. The molecular weight excluding hydrogens is 553 g/mol. The third kappa shape index (κ3) is 8.09. The first-order valence-corrected chi connectivity index (χ1v) is 12.3. The largest absolute Gasteiger partial charge is 0.488 e. The van der Waals surface area contributed by atoms with Crippen LogP contribution in [0.2, 0.25) is 10.0 Å². The molecular formula is C26H24BrCl2N3O3. The van der Waals surface area contributed by atoms with Gasteiger partial charge < -0.3 is 10.1 Å². The van der Waals surface area contributed by atoms with E-state index in [-0.39, 0.29) is 11.8 Å². The van der Waals surface area contributed by atoms with E-state index in [0.29, 0.717) is 28.0 Å². The highest BCUT2D eigenvalue weighted by atomic mass is 79.9. The van der Waals surface area contributed by atoms with E-state index in [1.807, 2.05) is 56.3 Å². The van der Waals surface area contributed by atoms with Crippen LogP contribution < -0.4 is 15.5 Å². The number of carbonyl (C=O) groups is 2. The summed E-state index contributed by atoms with van der Waals surface area (Å²) in [4.78, 5) is 25.2. The maximum absolute atomic E-state index is 12.7. The Balaban J connectivity index is 1.57. The summed E-state index contributed by atoms with van der Waals surface area (Å²) >= 11 is 15.4. The first-order valence-electron chi connectivity index (χ1n) is 10.8. The van der Waals surface area contributed by atoms with Gasteiger partial charge >= 0.3 is 0 Å². The standard InChI is InChI=1S/C26H24BrCl2N3O3/c1-16(2)24(31-25(33)19-4-3-5-21(29)13-19)26(34)32-30-14-18-8-11-23(22(27)12-18)35-15-17-6-9-20(28)10-7-17/h3-14,16,24H,15H2,1-2H3,(H,31,33)(H,32,34). The van der Waals surface area contributed by atoms with Gasteiger partial charge in [-0.05, 0) is 81.5 Å². The average molecular weight is 577 g/mol. The van der Waals surface area contributed by atoms with E-state index >= 15 is 0 Å². The number of nitrogens with one attached hydrogen (secondary N) is 2. The number of rotatable bonds is 9. The van der Waals surface area contributed by atoms with Crippen molar-refractivity contribution < 1.29 is 14.3 Å². The molecule has 0 aliphatic heterocycles. The molecule has 35 heavy (non-hydrogen) atoms. The number of nitrogens with zero attached hydrogens (tertiary/aromatic N) is 1. The molecule has 3 aromatic rings. The van der Waals surface area contributed by atoms with Crippen LogP contribution >= 0.6 is 39.1 Å². The van der Waals surface area contributed by atoms with Crippen LogP contribution in [0, 0.1) is 5.92 Å². The minimum absolute atomic E-state index is 0.153. The maximum atomic E-state index is 12.7. The van der Waals surface area contributed by atoms with Gasteiger partial charge in [-0.2, -0.15) is 5.10 Å². The molecule has 1 atom stereocenters. The zero-order valence-corrected chi connectivity index (χ0v) is 22.2. The van der Waals surface area contributed by atoms with E-state index in [1.165, 1.54) is 6.21 Å². The smallest absolute Gasteiger partial charge is 0.262 e. The molecule has 0 aromatic heterocycles. The average Bonchev–Trinajstić information content (AvgIpc) is 2.82. The minimum atomic E-state index is -0.769. The second-order valence-electron chi connectivity index (χ2n) is 8.04. The van der Waals surface area contributed by atoms with E-state index in [0.717, 1.165) is 15.6 Å². The zero-order chi connectivity index (χ0) is 25.4. The van der Waals surface area contributed by atoms with E-state index in [4.69, 9.17) is 27.9 Å². The van der Waals surface area contributed by atoms with Gasteiger partial charge in [-0.15, -0.1) is 0 Å². The van der Waals surface area contributed by atoms with Gasteiger partial charge in [0.05, 0.1) is 10.7 Å². The molecule has 0 saturated heterocycles. The van der Waals surface area contributed by atoms with Crippen molar-refractivity contribution in [3.8, 4) is 5.75 Å². The van der Waals surface area contributed by atoms with Gasteiger partial charge in [0.15, 0.2) is 0 Å². The fourth-order valence-corrected chi connectivity index (χ4v) is 3.91. The lowest BCUT2D eigenvalue weighted by atomic mass is 10.0. The lowest BCUT2D eigenvalue weighted by molar-refractivity contribution is -0.123. The Kier molecular flexibility index (Phi) is 9.72. The molecule has 3 rings (SSSR count). The van der Waals surface area contributed by atoms with Crippen LogP contribution in [-0.4, -0.2) is 24.1 Å². The van der Waals surface area contributed by atoms with E-state index in [2.05, 4.69) is 31.8 Å². The third-order valence-corrected chi connectivity index (χ3v) is 6.08. The van der Waals surface area contributed by atoms with Crippen LogP contribution in [0.25, 0.3) is 0 Å². The molecule has 182 valence electrons. The Morgan fingerprint density at radius 3 is 2.43 bits per heavy atom. The highest BCUT2D eigenvalue weighted by Gasteiger charge is 2.24. The molecule has 0 radical (unpaired) electrons. The molecule has 0 aliphatic carbocycles. The van der Waals surface area contributed by atoms with Crippen LogP contribution in [0.1, 0.15) is 35.3 Å². The quantitative estimate of drug-likeness (QED) is 0.234. The van der Waals surface area contributed by atoms with Crippen LogP contribution in [-0.2, 0) is 11.4 Å². The normalized spacial score (nSPS) is 11.9. The predicted molar refractivity (Wildman–Crippen MR) is 143 cm³/mol. The summed E-state index contributed by atoms with van der Waals surface area (Å²) in [6.07, 6.45) is 1.52. The molecule has 0 saturated carbocycles. The fraction of sp³-hybridized carbons (Fsp3) is 0.192. The van der Waals surface area contributed by atoms with Gasteiger partial charge in [-0.3, -0.25) is 9.59 Å². The number of hydrogen-bond acceptors (Lipinski definition) is 4. The number of hydrazone groups is 1. The molecule has 9 heteroatoms. The van der Waals surface area contributed by atoms with Crippen molar-refractivity contribution in [1.29, 1.82) is 0 Å². The summed E-state index contributed by atoms with van der Waals surface area (Å²) in [5.41, 5.74) is 4.62. The number of carbonyl (C=O) groups excluding carboxylic acids is 2. The molecule has 0 heterocycles. The summed E-state index contributed by atoms with van der Waals surface area (Å²) in [5.74, 6) is -0.290. The Labute approximate surface area is 222 Å². The summed E-state index contributed by atoms with van der Waals surface area (Å²) < 4.78 is 6.59. The molecule has 0 bridgehead atoms. The van der Waals surface area contributed by atoms with Crippen LogP contribution in [0.5, 0.6) is 5.75 Å². The van der Waals surface area contributed by atoms with Crippen molar-refractivity contribution >= 4 is 57.2 Å². The fourth-order valence-electron chi connectivity index (χ4n) is 3.09. The number of halogens is 3. The van der Waals surface area contributed by atoms with Crippen molar-refractivity contribution in [1.82, 2.24) is 10.7 Å². The van der Waals surface area contributed by atoms with E-state index < -0.39 is 11.9 Å². The first kappa shape index (κ1) is 26.7.